The Morgan fingerprint density at radius 2 is 2.31 bits per heavy atom. The van der Waals surface area contributed by atoms with Gasteiger partial charge in [-0.05, 0) is 6.42 Å². The summed E-state index contributed by atoms with van der Waals surface area (Å²) in [7, 11) is 1.33. The van der Waals surface area contributed by atoms with Crippen LogP contribution in [-0.4, -0.2) is 25.5 Å². The van der Waals surface area contributed by atoms with E-state index in [2.05, 4.69) is 16.6 Å². The summed E-state index contributed by atoms with van der Waals surface area (Å²) in [6.07, 6.45) is 2.21. The number of hydrogen-bond donors (Lipinski definition) is 1. The third-order valence-corrected chi connectivity index (χ3v) is 2.05. The Morgan fingerprint density at radius 3 is 2.85 bits per heavy atom. The maximum absolute atomic E-state index is 11.2. The van der Waals surface area contributed by atoms with Crippen LogP contribution >= 0.6 is 0 Å². The quantitative estimate of drug-likeness (QED) is 0.496. The predicted molar refractivity (Wildman–Crippen MR) is 46.8 cm³/mol. The van der Waals surface area contributed by atoms with Crippen molar-refractivity contribution in [1.82, 2.24) is 5.32 Å². The van der Waals surface area contributed by atoms with E-state index in [9.17, 15) is 9.59 Å². The van der Waals surface area contributed by atoms with Gasteiger partial charge in [0.1, 0.15) is 0 Å². The fourth-order valence-corrected chi connectivity index (χ4v) is 1.20. The third kappa shape index (κ3) is 2.31. The van der Waals surface area contributed by atoms with Crippen LogP contribution in [0.5, 0.6) is 0 Å². The Kier molecular flexibility index (Phi) is 3.06. The Morgan fingerprint density at radius 1 is 1.62 bits per heavy atom. The lowest BCUT2D eigenvalue weighted by atomic mass is 10.3. The van der Waals surface area contributed by atoms with E-state index in [0.29, 0.717) is 13.0 Å². The van der Waals surface area contributed by atoms with Gasteiger partial charge in [-0.1, -0.05) is 6.08 Å². The van der Waals surface area contributed by atoms with Crippen LogP contribution in [0.25, 0.3) is 0 Å². The monoisotopic (exact) mass is 183 g/mol. The number of rotatable bonds is 4. The van der Waals surface area contributed by atoms with Crippen LogP contribution in [0.15, 0.2) is 12.7 Å². The van der Waals surface area contributed by atoms with Gasteiger partial charge in [0.25, 0.3) is 0 Å². The summed E-state index contributed by atoms with van der Waals surface area (Å²) in [5, 5.41) is 2.64. The number of methoxy groups -OCH3 is 1. The fourth-order valence-electron chi connectivity index (χ4n) is 1.20. The van der Waals surface area contributed by atoms with E-state index in [1.807, 2.05) is 0 Å². The Hall–Kier alpha value is -1.32. The van der Waals surface area contributed by atoms with E-state index >= 15 is 0 Å². The SMILES string of the molecule is C=CCNC(=O)[C@H]1C[C@@H]1C(=O)OC. The minimum absolute atomic E-state index is 0.0877. The van der Waals surface area contributed by atoms with Crippen molar-refractivity contribution < 1.29 is 14.3 Å². The molecule has 0 bridgehead atoms. The van der Waals surface area contributed by atoms with Crippen molar-refractivity contribution in [3.05, 3.63) is 12.7 Å². The molecular formula is C9H13NO3. The molecule has 2 atom stereocenters. The topological polar surface area (TPSA) is 55.4 Å². The normalized spacial score (nSPS) is 24.7. The molecule has 4 nitrogen and oxygen atoms in total. The maximum atomic E-state index is 11.2. The fraction of sp³-hybridized carbons (Fsp3) is 0.556. The number of amides is 1. The molecule has 0 aromatic carbocycles. The molecule has 0 aliphatic heterocycles. The van der Waals surface area contributed by atoms with Crippen molar-refractivity contribution in [1.29, 1.82) is 0 Å². The van der Waals surface area contributed by atoms with Crippen molar-refractivity contribution in [2.24, 2.45) is 11.8 Å². The lowest BCUT2D eigenvalue weighted by Crippen LogP contribution is -2.26. The van der Waals surface area contributed by atoms with Crippen LogP contribution in [0.1, 0.15) is 6.42 Å². The van der Waals surface area contributed by atoms with Crippen LogP contribution in [0.4, 0.5) is 0 Å². The molecular weight excluding hydrogens is 170 g/mol. The van der Waals surface area contributed by atoms with Gasteiger partial charge in [0.15, 0.2) is 0 Å². The first-order valence-corrected chi connectivity index (χ1v) is 4.17. The summed E-state index contributed by atoms with van der Waals surface area (Å²) in [6, 6.07) is 0. The minimum atomic E-state index is -0.293. The molecule has 13 heavy (non-hydrogen) atoms. The first-order chi connectivity index (χ1) is 6.20. The second-order valence-corrected chi connectivity index (χ2v) is 3.01. The van der Waals surface area contributed by atoms with Crippen LogP contribution in [0.3, 0.4) is 0 Å². The molecule has 0 spiro atoms. The smallest absolute Gasteiger partial charge is 0.309 e. The summed E-state index contributed by atoms with van der Waals surface area (Å²) < 4.78 is 4.52. The van der Waals surface area contributed by atoms with Crippen LogP contribution < -0.4 is 5.32 Å². The number of carbonyl (C=O) groups excluding carboxylic acids is 2. The van der Waals surface area contributed by atoms with Gasteiger partial charge in [-0.3, -0.25) is 9.59 Å². The number of esters is 1. The van der Waals surface area contributed by atoms with Gasteiger partial charge in [0.2, 0.25) is 5.91 Å². The molecule has 1 aliphatic carbocycles. The van der Waals surface area contributed by atoms with Gasteiger partial charge < -0.3 is 10.1 Å². The highest BCUT2D eigenvalue weighted by Gasteiger charge is 2.48. The van der Waals surface area contributed by atoms with E-state index in [-0.39, 0.29) is 23.7 Å². The summed E-state index contributed by atoms with van der Waals surface area (Å²) in [4.78, 5) is 22.2. The molecule has 1 N–H and O–H groups in total. The third-order valence-electron chi connectivity index (χ3n) is 2.05. The van der Waals surface area contributed by atoms with Gasteiger partial charge in [-0.25, -0.2) is 0 Å². The Bertz CT molecular complexity index is 237. The second-order valence-electron chi connectivity index (χ2n) is 3.01. The van der Waals surface area contributed by atoms with Crippen molar-refractivity contribution >= 4 is 11.9 Å². The molecule has 1 amide bonds. The molecule has 4 heteroatoms. The minimum Gasteiger partial charge on any atom is -0.469 e. The lowest BCUT2D eigenvalue weighted by Gasteiger charge is -2.00. The molecule has 1 saturated carbocycles. The molecule has 0 unspecified atom stereocenters. The van der Waals surface area contributed by atoms with Crippen molar-refractivity contribution in [3.63, 3.8) is 0 Å². The van der Waals surface area contributed by atoms with Crippen LogP contribution in [0, 0.1) is 11.8 Å². The number of carbonyl (C=O) groups is 2. The number of hydrogen-bond acceptors (Lipinski definition) is 3. The summed E-state index contributed by atoms with van der Waals surface area (Å²) >= 11 is 0. The second kappa shape index (κ2) is 4.07. The zero-order valence-electron chi connectivity index (χ0n) is 7.58. The molecule has 0 aromatic heterocycles. The van der Waals surface area contributed by atoms with Crippen LogP contribution in [-0.2, 0) is 14.3 Å². The molecule has 0 saturated heterocycles. The highest BCUT2D eigenvalue weighted by atomic mass is 16.5. The molecule has 1 rings (SSSR count). The van der Waals surface area contributed by atoms with E-state index in [4.69, 9.17) is 0 Å². The molecule has 0 radical (unpaired) electrons. The molecule has 1 fully saturated rings. The average Bonchev–Trinajstić information content (AvgIpc) is 2.92. The van der Waals surface area contributed by atoms with Gasteiger partial charge in [0.05, 0.1) is 18.9 Å². The van der Waals surface area contributed by atoms with Gasteiger partial charge >= 0.3 is 5.97 Å². The number of ether oxygens (including phenoxy) is 1. The predicted octanol–water partition coefficient (Wildman–Crippen LogP) is 0.0977. The molecule has 1 aliphatic rings. The maximum Gasteiger partial charge on any atom is 0.309 e. The number of nitrogens with one attached hydrogen (secondary N) is 1. The lowest BCUT2D eigenvalue weighted by molar-refractivity contribution is -0.143. The molecule has 0 aromatic rings. The Labute approximate surface area is 76.9 Å². The zero-order chi connectivity index (χ0) is 9.84. The Balaban J connectivity index is 2.29. The highest BCUT2D eigenvalue weighted by molar-refractivity contribution is 5.90. The van der Waals surface area contributed by atoms with Gasteiger partial charge in [-0.2, -0.15) is 0 Å². The van der Waals surface area contributed by atoms with Crippen molar-refractivity contribution in [3.8, 4) is 0 Å². The summed E-state index contributed by atoms with van der Waals surface area (Å²) in [6.45, 7) is 3.92. The zero-order valence-corrected chi connectivity index (χ0v) is 7.58. The largest absolute Gasteiger partial charge is 0.469 e. The highest BCUT2D eigenvalue weighted by Crippen LogP contribution is 2.39. The van der Waals surface area contributed by atoms with Gasteiger partial charge in [0, 0.05) is 6.54 Å². The first kappa shape index (κ1) is 9.77. The van der Waals surface area contributed by atoms with E-state index in [0.717, 1.165) is 0 Å². The standard InChI is InChI=1S/C9H13NO3/c1-3-4-10-8(11)6-5-7(6)9(12)13-2/h3,6-7H,1,4-5H2,2H3,(H,10,11)/t6-,7-/m0/s1. The first-order valence-electron chi connectivity index (χ1n) is 4.17. The summed E-state index contributed by atoms with van der Waals surface area (Å²) in [5.41, 5.74) is 0. The molecule has 0 heterocycles. The van der Waals surface area contributed by atoms with Crippen LogP contribution in [0.2, 0.25) is 0 Å². The van der Waals surface area contributed by atoms with Crippen molar-refractivity contribution in [2.75, 3.05) is 13.7 Å². The van der Waals surface area contributed by atoms with E-state index < -0.39 is 0 Å². The van der Waals surface area contributed by atoms with Gasteiger partial charge in [-0.15, -0.1) is 6.58 Å². The van der Waals surface area contributed by atoms with Crippen molar-refractivity contribution in [2.45, 2.75) is 6.42 Å². The molecule has 72 valence electrons. The van der Waals surface area contributed by atoms with E-state index in [1.54, 1.807) is 6.08 Å². The van der Waals surface area contributed by atoms with E-state index in [1.165, 1.54) is 7.11 Å². The summed E-state index contributed by atoms with van der Waals surface area (Å²) in [5.74, 6) is -0.795. The average molecular weight is 183 g/mol.